The van der Waals surface area contributed by atoms with Gasteiger partial charge in [-0.05, 0) is 44.5 Å². The minimum Gasteiger partial charge on any atom is -0.383 e. The maximum Gasteiger partial charge on any atom is 0.251 e. The molecule has 0 bridgehead atoms. The lowest BCUT2D eigenvalue weighted by Gasteiger charge is -2.15. The van der Waals surface area contributed by atoms with Crippen LogP contribution in [0.4, 0.5) is 5.69 Å². The lowest BCUT2D eigenvalue weighted by Crippen LogP contribution is -2.22. The number of benzene rings is 1. The van der Waals surface area contributed by atoms with Crippen molar-refractivity contribution in [3.8, 4) is 0 Å². The Kier molecular flexibility index (Phi) is 7.78. The summed E-state index contributed by atoms with van der Waals surface area (Å²) in [5.41, 5.74) is 1.80. The molecule has 0 aromatic heterocycles. The first kappa shape index (κ1) is 16.5. The monoisotopic (exact) mass is 276 g/mol. The van der Waals surface area contributed by atoms with Gasteiger partial charge in [-0.3, -0.25) is 4.79 Å². The number of carbonyl (C=O) groups excluding carboxylic acids is 1. The molecule has 1 atom stereocenters. The molecule has 0 spiro atoms. The Labute approximate surface area is 123 Å². The summed E-state index contributed by atoms with van der Waals surface area (Å²) in [7, 11) is 0. The second-order valence-electron chi connectivity index (χ2n) is 5.33. The molecule has 2 N–H and O–H groups in total. The highest BCUT2D eigenvalue weighted by Crippen LogP contribution is 2.13. The van der Waals surface area contributed by atoms with Gasteiger partial charge in [-0.1, -0.05) is 32.6 Å². The van der Waals surface area contributed by atoms with Gasteiger partial charge < -0.3 is 10.6 Å². The van der Waals surface area contributed by atoms with Gasteiger partial charge in [0.05, 0.1) is 0 Å². The molecular weight excluding hydrogens is 248 g/mol. The minimum atomic E-state index is -0.00772. The molecule has 0 saturated carbocycles. The quantitative estimate of drug-likeness (QED) is 0.663. The van der Waals surface area contributed by atoms with E-state index < -0.39 is 0 Å². The van der Waals surface area contributed by atoms with E-state index in [9.17, 15) is 4.79 Å². The Balaban J connectivity index is 2.38. The molecule has 112 valence electrons. The van der Waals surface area contributed by atoms with Crippen LogP contribution in [0.5, 0.6) is 0 Å². The van der Waals surface area contributed by atoms with Gasteiger partial charge in [0, 0.05) is 23.8 Å². The van der Waals surface area contributed by atoms with E-state index in [0.717, 1.165) is 5.69 Å². The Morgan fingerprint density at radius 3 is 2.40 bits per heavy atom. The van der Waals surface area contributed by atoms with E-state index in [0.29, 0.717) is 18.2 Å². The van der Waals surface area contributed by atoms with Crippen LogP contribution in [0.15, 0.2) is 24.3 Å². The number of hydrogen-bond donors (Lipinski definition) is 2. The molecule has 1 rings (SSSR count). The van der Waals surface area contributed by atoms with Gasteiger partial charge in [0.1, 0.15) is 0 Å². The van der Waals surface area contributed by atoms with Crippen molar-refractivity contribution in [2.75, 3.05) is 11.9 Å². The predicted octanol–water partition coefficient (Wildman–Crippen LogP) is 4.21. The third kappa shape index (κ3) is 6.09. The van der Waals surface area contributed by atoms with Crippen LogP contribution in [0.3, 0.4) is 0 Å². The molecule has 0 heterocycles. The lowest BCUT2D eigenvalue weighted by molar-refractivity contribution is 0.0956. The topological polar surface area (TPSA) is 41.1 Å². The molecule has 1 aromatic carbocycles. The molecule has 0 aliphatic rings. The molecule has 0 aliphatic heterocycles. The average molecular weight is 276 g/mol. The number of nitrogens with one attached hydrogen (secondary N) is 2. The van der Waals surface area contributed by atoms with E-state index in [1.165, 1.54) is 32.1 Å². The summed E-state index contributed by atoms with van der Waals surface area (Å²) in [6.07, 6.45) is 6.40. The van der Waals surface area contributed by atoms with Gasteiger partial charge in [-0.25, -0.2) is 0 Å². The number of carbonyl (C=O) groups is 1. The van der Waals surface area contributed by atoms with Gasteiger partial charge in [0.25, 0.3) is 5.91 Å². The molecule has 0 saturated heterocycles. The van der Waals surface area contributed by atoms with Gasteiger partial charge in [0.15, 0.2) is 0 Å². The standard InChI is InChI=1S/C17H28N2O/c1-4-6-7-8-9-14(3)19-16-12-10-15(11-13-16)17(20)18-5-2/h10-14,19H,4-9H2,1-3H3,(H,18,20). The summed E-state index contributed by atoms with van der Waals surface area (Å²) in [6.45, 7) is 7.03. The third-order valence-electron chi connectivity index (χ3n) is 3.39. The third-order valence-corrected chi connectivity index (χ3v) is 3.39. The first-order valence-electron chi connectivity index (χ1n) is 7.82. The smallest absolute Gasteiger partial charge is 0.251 e. The van der Waals surface area contributed by atoms with Crippen LogP contribution in [0.1, 0.15) is 63.2 Å². The van der Waals surface area contributed by atoms with Gasteiger partial charge >= 0.3 is 0 Å². The number of anilines is 1. The van der Waals surface area contributed by atoms with E-state index in [1.807, 2.05) is 31.2 Å². The Bertz CT molecular complexity index is 386. The molecule has 0 radical (unpaired) electrons. The number of hydrogen-bond acceptors (Lipinski definition) is 2. The highest BCUT2D eigenvalue weighted by atomic mass is 16.1. The van der Waals surface area contributed by atoms with Crippen molar-refractivity contribution in [1.29, 1.82) is 0 Å². The maximum absolute atomic E-state index is 11.6. The second-order valence-corrected chi connectivity index (χ2v) is 5.33. The van der Waals surface area contributed by atoms with Crippen molar-refractivity contribution in [2.24, 2.45) is 0 Å². The van der Waals surface area contributed by atoms with Gasteiger partial charge in [-0.2, -0.15) is 0 Å². The van der Waals surface area contributed by atoms with Crippen LogP contribution in [0.25, 0.3) is 0 Å². The Hall–Kier alpha value is -1.51. The van der Waals surface area contributed by atoms with Crippen LogP contribution in [0, 0.1) is 0 Å². The zero-order valence-electron chi connectivity index (χ0n) is 13.0. The van der Waals surface area contributed by atoms with Gasteiger partial charge in [-0.15, -0.1) is 0 Å². The largest absolute Gasteiger partial charge is 0.383 e. The van der Waals surface area contributed by atoms with Crippen molar-refractivity contribution >= 4 is 11.6 Å². The summed E-state index contributed by atoms with van der Waals surface area (Å²) in [5, 5.41) is 6.29. The number of unbranched alkanes of at least 4 members (excludes halogenated alkanes) is 3. The average Bonchev–Trinajstić information content (AvgIpc) is 2.45. The molecule has 1 aromatic rings. The molecule has 0 fully saturated rings. The molecule has 3 nitrogen and oxygen atoms in total. The van der Waals surface area contributed by atoms with Crippen molar-refractivity contribution in [3.63, 3.8) is 0 Å². The Morgan fingerprint density at radius 1 is 1.10 bits per heavy atom. The normalized spacial score (nSPS) is 11.9. The van der Waals surface area contributed by atoms with Crippen molar-refractivity contribution in [2.45, 2.75) is 58.9 Å². The summed E-state index contributed by atoms with van der Waals surface area (Å²) >= 11 is 0. The van der Waals surface area contributed by atoms with Crippen LogP contribution in [-0.4, -0.2) is 18.5 Å². The SMILES string of the molecule is CCCCCCC(C)Nc1ccc(C(=O)NCC)cc1. The van der Waals surface area contributed by atoms with Gasteiger partial charge in [0.2, 0.25) is 0 Å². The predicted molar refractivity (Wildman–Crippen MR) is 86.3 cm³/mol. The molecule has 1 unspecified atom stereocenters. The summed E-state index contributed by atoms with van der Waals surface area (Å²) in [4.78, 5) is 11.6. The van der Waals surface area contributed by atoms with Crippen LogP contribution >= 0.6 is 0 Å². The summed E-state index contributed by atoms with van der Waals surface area (Å²) in [5.74, 6) is -0.00772. The van der Waals surface area contributed by atoms with E-state index in [4.69, 9.17) is 0 Å². The van der Waals surface area contributed by atoms with Crippen molar-refractivity contribution in [1.82, 2.24) is 5.32 Å². The van der Waals surface area contributed by atoms with Crippen LogP contribution in [0.2, 0.25) is 0 Å². The number of rotatable bonds is 9. The molecule has 0 aliphatic carbocycles. The highest BCUT2D eigenvalue weighted by Gasteiger charge is 2.05. The zero-order chi connectivity index (χ0) is 14.8. The fourth-order valence-electron chi connectivity index (χ4n) is 2.21. The molecule has 1 amide bonds. The zero-order valence-corrected chi connectivity index (χ0v) is 13.0. The lowest BCUT2D eigenvalue weighted by atomic mass is 10.1. The Morgan fingerprint density at radius 2 is 1.80 bits per heavy atom. The first-order chi connectivity index (χ1) is 9.67. The number of amides is 1. The van der Waals surface area contributed by atoms with E-state index in [1.54, 1.807) is 0 Å². The molecule has 20 heavy (non-hydrogen) atoms. The fraction of sp³-hybridized carbons (Fsp3) is 0.588. The van der Waals surface area contributed by atoms with Crippen LogP contribution in [-0.2, 0) is 0 Å². The molecule has 3 heteroatoms. The molecular formula is C17H28N2O. The fourth-order valence-corrected chi connectivity index (χ4v) is 2.21. The van der Waals surface area contributed by atoms with Crippen LogP contribution < -0.4 is 10.6 Å². The van der Waals surface area contributed by atoms with E-state index in [-0.39, 0.29) is 5.91 Å². The second kappa shape index (κ2) is 9.40. The van der Waals surface area contributed by atoms with E-state index in [2.05, 4.69) is 24.5 Å². The van der Waals surface area contributed by atoms with Crippen molar-refractivity contribution in [3.05, 3.63) is 29.8 Å². The summed E-state index contributed by atoms with van der Waals surface area (Å²) < 4.78 is 0. The highest BCUT2D eigenvalue weighted by molar-refractivity contribution is 5.94. The maximum atomic E-state index is 11.6. The van der Waals surface area contributed by atoms with E-state index >= 15 is 0 Å². The van der Waals surface area contributed by atoms with Crippen molar-refractivity contribution < 1.29 is 4.79 Å². The minimum absolute atomic E-state index is 0.00772. The summed E-state index contributed by atoms with van der Waals surface area (Å²) in [6, 6.07) is 8.18. The first-order valence-corrected chi connectivity index (χ1v) is 7.82.